The van der Waals surface area contributed by atoms with E-state index in [-0.39, 0.29) is 24.6 Å². The molecule has 180 valence electrons. The average Bonchev–Trinajstić information content (AvgIpc) is 3.14. The lowest BCUT2D eigenvalue weighted by atomic mass is 9.45. The zero-order valence-electron chi connectivity index (χ0n) is 18.7. The van der Waals surface area contributed by atoms with Crippen molar-refractivity contribution in [3.8, 4) is 11.5 Å². The Bertz CT molecular complexity index is 1140. The number of hydrogen-bond donors (Lipinski definition) is 4. The molecular formula is C25H27NO8. The second-order valence-electron chi connectivity index (χ2n) is 9.67. The van der Waals surface area contributed by atoms with Gasteiger partial charge in [-0.25, -0.2) is 4.79 Å². The number of amides is 1. The van der Waals surface area contributed by atoms with Gasteiger partial charge in [0.2, 0.25) is 5.91 Å². The van der Waals surface area contributed by atoms with Crippen molar-refractivity contribution < 1.29 is 39.2 Å². The number of phenolic OH excluding ortho intramolecular Hbond substituents is 1. The van der Waals surface area contributed by atoms with Crippen LogP contribution < -0.4 is 10.1 Å². The molecule has 0 saturated heterocycles. The zero-order valence-corrected chi connectivity index (χ0v) is 18.7. The Hall–Kier alpha value is -3.33. The van der Waals surface area contributed by atoms with Crippen LogP contribution in [0.25, 0.3) is 0 Å². The molecule has 1 saturated carbocycles. The molecule has 1 heterocycles. The van der Waals surface area contributed by atoms with E-state index < -0.39 is 35.0 Å². The van der Waals surface area contributed by atoms with Crippen molar-refractivity contribution in [2.75, 3.05) is 6.54 Å². The lowest BCUT2D eigenvalue weighted by Crippen LogP contribution is -2.69. The van der Waals surface area contributed by atoms with Crippen LogP contribution >= 0.6 is 0 Å². The van der Waals surface area contributed by atoms with E-state index in [0.29, 0.717) is 42.8 Å². The minimum absolute atomic E-state index is 0.00440. The molecule has 5 rings (SSSR count). The quantitative estimate of drug-likeness (QED) is 0.364. The molecule has 1 aromatic carbocycles. The summed E-state index contributed by atoms with van der Waals surface area (Å²) >= 11 is 0. The molecule has 1 fully saturated rings. The molecule has 1 amide bonds. The van der Waals surface area contributed by atoms with E-state index in [0.717, 1.165) is 23.6 Å². The summed E-state index contributed by atoms with van der Waals surface area (Å²) in [6.07, 6.45) is 4.99. The molecule has 9 heteroatoms. The van der Waals surface area contributed by atoms with Crippen molar-refractivity contribution in [3.05, 3.63) is 47.2 Å². The van der Waals surface area contributed by atoms with E-state index in [4.69, 9.17) is 14.6 Å². The number of ether oxygens (including phenoxy) is 2. The molecule has 4 aliphatic rings. The van der Waals surface area contributed by atoms with Gasteiger partial charge in [-0.05, 0) is 55.2 Å². The number of benzene rings is 1. The third-order valence-corrected chi connectivity index (χ3v) is 7.97. The maximum Gasteiger partial charge on any atom is 0.328 e. The molecule has 1 aliphatic heterocycles. The van der Waals surface area contributed by atoms with E-state index in [9.17, 15) is 24.6 Å². The zero-order chi connectivity index (χ0) is 24.3. The number of hydrogen-bond acceptors (Lipinski definition) is 7. The Labute approximate surface area is 196 Å². The van der Waals surface area contributed by atoms with Gasteiger partial charge in [0.05, 0.1) is 17.4 Å². The number of carbonyl (C=O) groups excluding carboxylic acids is 2. The number of phenols is 1. The molecule has 0 radical (unpaired) electrons. The first-order chi connectivity index (χ1) is 16.2. The van der Waals surface area contributed by atoms with Gasteiger partial charge in [-0.15, -0.1) is 0 Å². The van der Waals surface area contributed by atoms with Crippen LogP contribution in [0.4, 0.5) is 0 Å². The van der Waals surface area contributed by atoms with Gasteiger partial charge in [0.1, 0.15) is 5.76 Å². The van der Waals surface area contributed by atoms with Gasteiger partial charge in [-0.1, -0.05) is 13.0 Å². The number of esters is 1. The van der Waals surface area contributed by atoms with E-state index >= 15 is 0 Å². The topological polar surface area (TPSA) is 142 Å². The van der Waals surface area contributed by atoms with E-state index in [1.807, 2.05) is 6.07 Å². The number of carboxylic acid groups (broad SMARTS) is 1. The minimum atomic E-state index is -1.24. The normalized spacial score (nSPS) is 32.4. The summed E-state index contributed by atoms with van der Waals surface area (Å²) in [6, 6.07) is 3.52. The van der Waals surface area contributed by atoms with Crippen LogP contribution in [0, 0.1) is 11.8 Å². The highest BCUT2D eigenvalue weighted by atomic mass is 16.6. The van der Waals surface area contributed by atoms with E-state index in [1.165, 1.54) is 0 Å². The van der Waals surface area contributed by atoms with Gasteiger partial charge in [-0.3, -0.25) is 9.59 Å². The maximum atomic E-state index is 12.6. The summed E-state index contributed by atoms with van der Waals surface area (Å²) in [7, 11) is 0. The Balaban J connectivity index is 1.38. The third-order valence-electron chi connectivity index (χ3n) is 7.97. The second kappa shape index (κ2) is 7.87. The summed E-state index contributed by atoms with van der Waals surface area (Å²) in [4.78, 5) is 34.6. The summed E-state index contributed by atoms with van der Waals surface area (Å²) in [5, 5.41) is 33.6. The van der Waals surface area contributed by atoms with E-state index in [2.05, 4.69) is 12.2 Å². The molecule has 1 unspecified atom stereocenters. The lowest BCUT2D eigenvalue weighted by Gasteiger charge is -2.61. The second-order valence-corrected chi connectivity index (χ2v) is 9.67. The molecule has 34 heavy (non-hydrogen) atoms. The van der Waals surface area contributed by atoms with Crippen molar-refractivity contribution in [2.45, 2.75) is 56.1 Å². The Morgan fingerprint density at radius 1 is 1.29 bits per heavy atom. The fourth-order valence-corrected chi connectivity index (χ4v) is 6.49. The molecule has 1 spiro atoms. The highest BCUT2D eigenvalue weighted by Gasteiger charge is 2.71. The standard InChI is InChI=1S/C25H27NO8/c1-13-6-9-24-21-14-2-3-16(27)22(21)34-23(24)17(7-10-25(24,32)15(13)12-14)33-20(31)8-11-26-18(28)4-5-19(29)30/h2-5,7,13,15,23,27,32H,6,8-12H2,1H3,(H,26,28)(H,29,30)/b5-4+/t13?,15-,23-,24-,25+/m0/s1. The molecular weight excluding hydrogens is 442 g/mol. The van der Waals surface area contributed by atoms with Gasteiger partial charge in [-0.2, -0.15) is 0 Å². The first kappa shape index (κ1) is 22.5. The number of carbonyl (C=O) groups is 3. The highest BCUT2D eigenvalue weighted by molar-refractivity contribution is 5.94. The summed E-state index contributed by atoms with van der Waals surface area (Å²) in [6.45, 7) is 2.13. The molecule has 5 atom stereocenters. The fourth-order valence-electron chi connectivity index (χ4n) is 6.49. The van der Waals surface area contributed by atoms with Crippen LogP contribution in [0.1, 0.15) is 43.7 Å². The van der Waals surface area contributed by atoms with Crippen LogP contribution in [-0.2, 0) is 31.0 Å². The SMILES string of the molecule is CC1CC[C@]23c4c5ccc(O)c4O[C@H]2C(OC(=O)CCNC(=O)/C=C/C(=O)O)=CC[C@@]3(O)[C@H]1C5. The first-order valence-electron chi connectivity index (χ1n) is 11.5. The van der Waals surface area contributed by atoms with Gasteiger partial charge in [0, 0.05) is 24.3 Å². The number of aromatic hydroxyl groups is 1. The summed E-state index contributed by atoms with van der Waals surface area (Å²) < 4.78 is 11.9. The Morgan fingerprint density at radius 3 is 2.85 bits per heavy atom. The van der Waals surface area contributed by atoms with Gasteiger partial charge >= 0.3 is 11.9 Å². The summed E-state index contributed by atoms with van der Waals surface area (Å²) in [5.41, 5.74) is 0.0249. The molecule has 4 N–H and O–H groups in total. The Kier molecular flexibility index (Phi) is 5.20. The number of aliphatic hydroxyl groups is 1. The van der Waals surface area contributed by atoms with Crippen molar-refractivity contribution >= 4 is 17.8 Å². The largest absolute Gasteiger partial charge is 0.504 e. The minimum Gasteiger partial charge on any atom is -0.504 e. The monoisotopic (exact) mass is 469 g/mol. The van der Waals surface area contributed by atoms with Crippen LogP contribution in [0.15, 0.2) is 36.1 Å². The van der Waals surface area contributed by atoms with Crippen LogP contribution in [0.2, 0.25) is 0 Å². The number of aliphatic carboxylic acids is 1. The predicted molar refractivity (Wildman–Crippen MR) is 118 cm³/mol. The molecule has 3 aliphatic carbocycles. The molecule has 2 bridgehead atoms. The van der Waals surface area contributed by atoms with Crippen LogP contribution in [0.5, 0.6) is 11.5 Å². The van der Waals surface area contributed by atoms with Gasteiger partial charge < -0.3 is 30.1 Å². The predicted octanol–water partition coefficient (Wildman–Crippen LogP) is 1.70. The maximum absolute atomic E-state index is 12.6. The first-order valence-corrected chi connectivity index (χ1v) is 11.5. The van der Waals surface area contributed by atoms with Gasteiger partial charge in [0.15, 0.2) is 17.6 Å². The van der Waals surface area contributed by atoms with Crippen LogP contribution in [0.3, 0.4) is 0 Å². The van der Waals surface area contributed by atoms with Gasteiger partial charge in [0.25, 0.3) is 0 Å². The van der Waals surface area contributed by atoms with Crippen molar-refractivity contribution in [1.29, 1.82) is 0 Å². The molecule has 1 aromatic rings. The van der Waals surface area contributed by atoms with Crippen molar-refractivity contribution in [3.63, 3.8) is 0 Å². The summed E-state index contributed by atoms with van der Waals surface area (Å²) in [5.74, 6) is -1.44. The Morgan fingerprint density at radius 2 is 2.09 bits per heavy atom. The molecule has 0 aromatic heterocycles. The fraction of sp³-hybridized carbons (Fsp3) is 0.480. The number of carboxylic acids is 1. The van der Waals surface area contributed by atoms with E-state index in [1.54, 1.807) is 12.1 Å². The van der Waals surface area contributed by atoms with Crippen molar-refractivity contribution in [1.82, 2.24) is 5.32 Å². The number of nitrogens with one attached hydrogen (secondary N) is 1. The third kappa shape index (κ3) is 3.14. The lowest BCUT2D eigenvalue weighted by molar-refractivity contribution is -0.170. The average molecular weight is 469 g/mol. The number of rotatable bonds is 6. The smallest absolute Gasteiger partial charge is 0.328 e. The highest BCUT2D eigenvalue weighted by Crippen LogP contribution is 2.68. The van der Waals surface area contributed by atoms with Crippen LogP contribution in [-0.4, -0.2) is 51.4 Å². The molecule has 9 nitrogen and oxygen atoms in total. The van der Waals surface area contributed by atoms with Crippen molar-refractivity contribution in [2.24, 2.45) is 11.8 Å².